The number of aromatic amines is 1. The first-order valence-corrected chi connectivity index (χ1v) is 7.29. The highest BCUT2D eigenvalue weighted by Gasteiger charge is 2.17. The monoisotopic (exact) mass is 330 g/mol. The van der Waals surface area contributed by atoms with E-state index in [9.17, 15) is 8.42 Å². The normalized spacial score (nSPS) is 11.6. The van der Waals surface area contributed by atoms with Gasteiger partial charge >= 0.3 is 0 Å². The van der Waals surface area contributed by atoms with Gasteiger partial charge in [0.2, 0.25) is 10.0 Å². The van der Waals surface area contributed by atoms with Gasteiger partial charge in [-0.05, 0) is 34.1 Å². The number of hydrogen-bond acceptors (Lipinski definition) is 4. The molecule has 6 nitrogen and oxygen atoms in total. The summed E-state index contributed by atoms with van der Waals surface area (Å²) < 4.78 is 27.1. The second kappa shape index (κ2) is 5.09. The summed E-state index contributed by atoms with van der Waals surface area (Å²) in [4.78, 5) is 0.117. The van der Waals surface area contributed by atoms with Crippen LogP contribution in [0.5, 0.6) is 0 Å². The number of H-pyrrole nitrogens is 1. The Morgan fingerprint density at radius 3 is 2.89 bits per heavy atom. The molecule has 1 heterocycles. The zero-order valence-corrected chi connectivity index (χ0v) is 11.6. The van der Waals surface area contributed by atoms with Crippen molar-refractivity contribution in [3.8, 4) is 0 Å². The van der Waals surface area contributed by atoms with Gasteiger partial charge < -0.3 is 5.73 Å². The fourth-order valence-corrected chi connectivity index (χ4v) is 3.37. The molecule has 0 radical (unpaired) electrons. The van der Waals surface area contributed by atoms with Gasteiger partial charge in [-0.25, -0.2) is 13.1 Å². The molecule has 0 aliphatic heterocycles. The van der Waals surface area contributed by atoms with Gasteiger partial charge in [0, 0.05) is 28.5 Å². The molecule has 1 aromatic heterocycles. The minimum absolute atomic E-state index is 0.117. The van der Waals surface area contributed by atoms with Crippen LogP contribution in [0.1, 0.15) is 5.56 Å². The fourth-order valence-electron chi connectivity index (χ4n) is 1.36. The maximum Gasteiger partial charge on any atom is 0.242 e. The van der Waals surface area contributed by atoms with Crippen LogP contribution < -0.4 is 10.5 Å². The summed E-state index contributed by atoms with van der Waals surface area (Å²) in [6.45, 7) is 0.167. The molecule has 0 atom stereocenters. The number of benzene rings is 1. The maximum atomic E-state index is 12.1. The second-order valence-corrected chi connectivity index (χ2v) is 6.21. The Labute approximate surface area is 113 Å². The zero-order valence-electron chi connectivity index (χ0n) is 9.22. The molecule has 0 spiro atoms. The highest BCUT2D eigenvalue weighted by Crippen LogP contribution is 2.24. The number of aromatic nitrogens is 2. The molecule has 0 unspecified atom stereocenters. The van der Waals surface area contributed by atoms with Crippen molar-refractivity contribution in [2.24, 2.45) is 0 Å². The Kier molecular flexibility index (Phi) is 3.69. The summed E-state index contributed by atoms with van der Waals surface area (Å²) in [5, 5.41) is 6.35. The maximum absolute atomic E-state index is 12.1. The quantitative estimate of drug-likeness (QED) is 0.734. The van der Waals surface area contributed by atoms with Crippen LogP contribution >= 0.6 is 15.9 Å². The first kappa shape index (κ1) is 13.1. The largest absolute Gasteiger partial charge is 0.399 e. The Morgan fingerprint density at radius 2 is 2.22 bits per heavy atom. The van der Waals surface area contributed by atoms with Gasteiger partial charge in [-0.3, -0.25) is 5.10 Å². The summed E-state index contributed by atoms with van der Waals surface area (Å²) >= 11 is 3.19. The predicted molar refractivity (Wildman–Crippen MR) is 71.2 cm³/mol. The molecule has 8 heteroatoms. The number of nitrogens with two attached hydrogens (primary N) is 1. The number of nitrogen functional groups attached to an aromatic ring is 1. The lowest BCUT2D eigenvalue weighted by Gasteiger charge is -2.08. The van der Waals surface area contributed by atoms with E-state index in [-0.39, 0.29) is 11.4 Å². The van der Waals surface area contributed by atoms with E-state index in [1.807, 2.05) is 0 Å². The van der Waals surface area contributed by atoms with Crippen molar-refractivity contribution in [3.05, 3.63) is 40.6 Å². The van der Waals surface area contributed by atoms with Gasteiger partial charge in [0.1, 0.15) is 0 Å². The molecule has 4 N–H and O–H groups in total. The van der Waals surface area contributed by atoms with Crippen molar-refractivity contribution in [2.75, 3.05) is 5.73 Å². The molecule has 0 fully saturated rings. The van der Waals surface area contributed by atoms with Gasteiger partial charge in [-0.2, -0.15) is 5.10 Å². The van der Waals surface area contributed by atoms with E-state index in [2.05, 4.69) is 30.8 Å². The summed E-state index contributed by atoms with van der Waals surface area (Å²) in [6, 6.07) is 4.63. The molecule has 18 heavy (non-hydrogen) atoms. The van der Waals surface area contributed by atoms with Crippen molar-refractivity contribution in [2.45, 2.75) is 11.4 Å². The highest BCUT2D eigenvalue weighted by molar-refractivity contribution is 9.10. The molecular formula is C10H11BrN4O2S. The van der Waals surface area contributed by atoms with Crippen molar-refractivity contribution in [3.63, 3.8) is 0 Å². The summed E-state index contributed by atoms with van der Waals surface area (Å²) in [6.07, 6.45) is 3.17. The fraction of sp³-hybridized carbons (Fsp3) is 0.100. The molecule has 96 valence electrons. The Hall–Kier alpha value is -1.38. The number of nitrogens with one attached hydrogen (secondary N) is 2. The van der Waals surface area contributed by atoms with Gasteiger partial charge in [-0.1, -0.05) is 0 Å². The third-order valence-corrected chi connectivity index (χ3v) is 4.66. The zero-order chi connectivity index (χ0) is 13.2. The summed E-state index contributed by atoms with van der Waals surface area (Å²) in [5.74, 6) is 0. The molecule has 0 saturated carbocycles. The number of anilines is 1. The molecule has 2 rings (SSSR count). The van der Waals surface area contributed by atoms with E-state index in [1.54, 1.807) is 24.5 Å². The van der Waals surface area contributed by atoms with Crippen LogP contribution in [0.15, 0.2) is 40.0 Å². The van der Waals surface area contributed by atoms with Gasteiger partial charge in [-0.15, -0.1) is 0 Å². The number of rotatable bonds is 4. The SMILES string of the molecule is Nc1ccc(Br)c(S(=O)(=O)NCc2cn[nH]c2)c1. The van der Waals surface area contributed by atoms with Crippen molar-refractivity contribution in [1.29, 1.82) is 0 Å². The topological polar surface area (TPSA) is 101 Å². The molecule has 0 aliphatic rings. The highest BCUT2D eigenvalue weighted by atomic mass is 79.9. The Balaban J connectivity index is 2.22. The number of sulfonamides is 1. The minimum atomic E-state index is -3.61. The van der Waals surface area contributed by atoms with Crippen LogP contribution in [-0.2, 0) is 16.6 Å². The van der Waals surface area contributed by atoms with Crippen molar-refractivity contribution < 1.29 is 8.42 Å². The molecule has 1 aromatic carbocycles. The van der Waals surface area contributed by atoms with E-state index >= 15 is 0 Å². The Bertz CT molecular complexity index is 640. The van der Waals surface area contributed by atoms with Crippen LogP contribution in [-0.4, -0.2) is 18.6 Å². The van der Waals surface area contributed by atoms with Crippen LogP contribution in [0.3, 0.4) is 0 Å². The molecule has 0 aliphatic carbocycles. The number of nitrogens with zero attached hydrogens (tertiary/aromatic N) is 1. The van der Waals surface area contributed by atoms with Crippen LogP contribution in [0.4, 0.5) is 5.69 Å². The lowest BCUT2D eigenvalue weighted by Crippen LogP contribution is -2.23. The van der Waals surface area contributed by atoms with E-state index in [0.29, 0.717) is 10.2 Å². The molecule has 0 bridgehead atoms. The average Bonchev–Trinajstić information content (AvgIpc) is 2.83. The smallest absolute Gasteiger partial charge is 0.242 e. The predicted octanol–water partition coefficient (Wildman–Crippen LogP) is 1.23. The second-order valence-electron chi connectivity index (χ2n) is 3.62. The lowest BCUT2D eigenvalue weighted by molar-refractivity contribution is 0.581. The first-order valence-electron chi connectivity index (χ1n) is 5.01. The van der Waals surface area contributed by atoms with Crippen molar-refractivity contribution in [1.82, 2.24) is 14.9 Å². The van der Waals surface area contributed by atoms with E-state index in [1.165, 1.54) is 6.07 Å². The van der Waals surface area contributed by atoms with Crippen LogP contribution in [0.25, 0.3) is 0 Å². The molecule has 2 aromatic rings. The number of halogens is 1. The van der Waals surface area contributed by atoms with E-state index < -0.39 is 10.0 Å². The summed E-state index contributed by atoms with van der Waals surface area (Å²) in [5.41, 5.74) is 6.73. The molecular weight excluding hydrogens is 320 g/mol. The standard InChI is InChI=1S/C10H11BrN4O2S/c11-9-2-1-8(12)3-10(9)18(16,17)15-6-7-4-13-14-5-7/h1-5,15H,6,12H2,(H,13,14). The van der Waals surface area contributed by atoms with E-state index in [0.717, 1.165) is 5.56 Å². The lowest BCUT2D eigenvalue weighted by atomic mass is 10.3. The third-order valence-electron chi connectivity index (χ3n) is 2.27. The Morgan fingerprint density at radius 1 is 1.44 bits per heavy atom. The third kappa shape index (κ3) is 2.89. The average molecular weight is 331 g/mol. The van der Waals surface area contributed by atoms with E-state index in [4.69, 9.17) is 5.73 Å². The van der Waals surface area contributed by atoms with Gasteiger partial charge in [0.15, 0.2) is 0 Å². The van der Waals surface area contributed by atoms with Crippen LogP contribution in [0, 0.1) is 0 Å². The molecule has 0 saturated heterocycles. The first-order chi connectivity index (χ1) is 8.49. The van der Waals surface area contributed by atoms with Gasteiger partial charge in [0.25, 0.3) is 0 Å². The van der Waals surface area contributed by atoms with Crippen molar-refractivity contribution >= 4 is 31.6 Å². The van der Waals surface area contributed by atoms with Crippen LogP contribution in [0.2, 0.25) is 0 Å². The number of hydrogen-bond donors (Lipinski definition) is 3. The minimum Gasteiger partial charge on any atom is -0.399 e. The molecule has 0 amide bonds. The summed E-state index contributed by atoms with van der Waals surface area (Å²) in [7, 11) is -3.61. The van der Waals surface area contributed by atoms with Gasteiger partial charge in [0.05, 0.1) is 11.1 Å².